The first-order valence-corrected chi connectivity index (χ1v) is 8.18. The Labute approximate surface area is 149 Å². The molecule has 7 heteroatoms. The zero-order chi connectivity index (χ0) is 18.4. The number of anilines is 1. The molecule has 0 aliphatic carbocycles. The van der Waals surface area contributed by atoms with Gasteiger partial charge < -0.3 is 4.74 Å². The number of hydrogen-bond acceptors (Lipinski definition) is 6. The molecule has 132 valence electrons. The van der Waals surface area contributed by atoms with E-state index < -0.39 is 11.5 Å². The average Bonchev–Trinajstić information content (AvgIpc) is 2.66. The van der Waals surface area contributed by atoms with Crippen LogP contribution in [0.15, 0.2) is 64.5 Å². The molecule has 0 fully saturated rings. The number of hydrogen-bond donors (Lipinski definition) is 1. The van der Waals surface area contributed by atoms with Crippen LogP contribution in [-0.2, 0) is 16.1 Å². The zero-order valence-electron chi connectivity index (χ0n) is 14.3. The van der Waals surface area contributed by atoms with E-state index >= 15 is 0 Å². The highest BCUT2D eigenvalue weighted by atomic mass is 16.5. The van der Waals surface area contributed by atoms with Crippen molar-refractivity contribution in [2.75, 3.05) is 12.0 Å². The van der Waals surface area contributed by atoms with Crippen LogP contribution in [-0.4, -0.2) is 28.3 Å². The molecule has 26 heavy (non-hydrogen) atoms. The number of benzene rings is 2. The second kappa shape index (κ2) is 8.06. The van der Waals surface area contributed by atoms with Crippen molar-refractivity contribution in [2.24, 2.45) is 5.10 Å². The first-order valence-electron chi connectivity index (χ1n) is 8.18. The molecule has 0 bridgehead atoms. The number of aromatic nitrogens is 2. The Morgan fingerprint density at radius 2 is 1.92 bits per heavy atom. The van der Waals surface area contributed by atoms with Gasteiger partial charge in [0, 0.05) is 0 Å². The number of ether oxygens (including phenoxy) is 1. The largest absolute Gasteiger partial charge is 0.465 e. The monoisotopic (exact) mass is 350 g/mol. The van der Waals surface area contributed by atoms with Crippen LogP contribution in [0, 0.1) is 0 Å². The van der Waals surface area contributed by atoms with Crippen molar-refractivity contribution in [3.05, 3.63) is 70.5 Å². The predicted octanol–water partition coefficient (Wildman–Crippen LogP) is 2.41. The SMILES string of the molecule is CCOC(=O)Cn1c(=O)c(N/N=C/c2ccccc2)nc2ccccc21. The summed E-state index contributed by atoms with van der Waals surface area (Å²) >= 11 is 0. The van der Waals surface area contributed by atoms with Gasteiger partial charge in [0.05, 0.1) is 23.9 Å². The van der Waals surface area contributed by atoms with Crippen molar-refractivity contribution in [3.63, 3.8) is 0 Å². The van der Waals surface area contributed by atoms with Gasteiger partial charge >= 0.3 is 5.97 Å². The number of nitrogens with zero attached hydrogens (tertiary/aromatic N) is 3. The van der Waals surface area contributed by atoms with E-state index in [0.717, 1.165) is 5.56 Å². The maximum atomic E-state index is 12.7. The highest BCUT2D eigenvalue weighted by Crippen LogP contribution is 2.12. The van der Waals surface area contributed by atoms with Gasteiger partial charge in [-0.05, 0) is 24.6 Å². The summed E-state index contributed by atoms with van der Waals surface area (Å²) in [6.07, 6.45) is 1.59. The molecule has 3 aromatic rings. The van der Waals surface area contributed by atoms with E-state index in [1.54, 1.807) is 31.3 Å². The molecule has 1 aromatic heterocycles. The van der Waals surface area contributed by atoms with Crippen molar-refractivity contribution in [1.29, 1.82) is 0 Å². The quantitative estimate of drug-likeness (QED) is 0.419. The van der Waals surface area contributed by atoms with Crippen LogP contribution in [0.25, 0.3) is 11.0 Å². The lowest BCUT2D eigenvalue weighted by atomic mass is 10.2. The second-order valence-corrected chi connectivity index (χ2v) is 5.43. The molecule has 2 aromatic carbocycles. The van der Waals surface area contributed by atoms with E-state index in [1.165, 1.54) is 4.57 Å². The van der Waals surface area contributed by atoms with Gasteiger partial charge in [0.2, 0.25) is 5.82 Å². The Morgan fingerprint density at radius 1 is 1.19 bits per heavy atom. The van der Waals surface area contributed by atoms with E-state index in [-0.39, 0.29) is 19.0 Å². The standard InChI is InChI=1S/C19H18N4O3/c1-2-26-17(24)13-23-16-11-7-6-10-15(16)21-18(19(23)25)22-20-12-14-8-4-3-5-9-14/h3-12H,2,13H2,1H3,(H,21,22)/b20-12+. The minimum Gasteiger partial charge on any atom is -0.465 e. The van der Waals surface area contributed by atoms with Crippen LogP contribution >= 0.6 is 0 Å². The molecule has 0 unspecified atom stereocenters. The van der Waals surface area contributed by atoms with Crippen molar-refractivity contribution >= 4 is 29.0 Å². The average molecular weight is 350 g/mol. The first-order chi connectivity index (χ1) is 12.7. The molecule has 7 nitrogen and oxygen atoms in total. The van der Waals surface area contributed by atoms with Gasteiger partial charge in [-0.25, -0.2) is 4.98 Å². The van der Waals surface area contributed by atoms with Crippen LogP contribution in [0.4, 0.5) is 5.82 Å². The molecule has 1 heterocycles. The Balaban J connectivity index is 1.95. The Kier molecular flexibility index (Phi) is 5.38. The Hall–Kier alpha value is -3.48. The van der Waals surface area contributed by atoms with Crippen molar-refractivity contribution < 1.29 is 9.53 Å². The first kappa shape index (κ1) is 17.3. The highest BCUT2D eigenvalue weighted by Gasteiger charge is 2.13. The van der Waals surface area contributed by atoms with Gasteiger partial charge in [0.25, 0.3) is 5.56 Å². The minimum absolute atomic E-state index is 0.0418. The molecular formula is C19H18N4O3. The summed E-state index contributed by atoms with van der Waals surface area (Å²) in [6, 6.07) is 16.6. The van der Waals surface area contributed by atoms with Gasteiger partial charge in [-0.1, -0.05) is 42.5 Å². The van der Waals surface area contributed by atoms with Crippen LogP contribution in [0.2, 0.25) is 0 Å². The van der Waals surface area contributed by atoms with Gasteiger partial charge in [-0.3, -0.25) is 19.6 Å². The summed E-state index contributed by atoms with van der Waals surface area (Å²) in [5.74, 6) is -0.440. The fourth-order valence-corrected chi connectivity index (χ4v) is 2.47. The summed E-state index contributed by atoms with van der Waals surface area (Å²) in [6.45, 7) is 1.78. The molecule has 1 N–H and O–H groups in total. The van der Waals surface area contributed by atoms with Gasteiger partial charge in [0.1, 0.15) is 6.54 Å². The molecule has 0 radical (unpaired) electrons. The summed E-state index contributed by atoms with van der Waals surface area (Å²) in [7, 11) is 0. The lowest BCUT2D eigenvalue weighted by Gasteiger charge is -2.11. The summed E-state index contributed by atoms with van der Waals surface area (Å²) in [5, 5.41) is 4.07. The predicted molar refractivity (Wildman–Crippen MR) is 100 cm³/mol. The molecule has 0 saturated carbocycles. The van der Waals surface area contributed by atoms with E-state index in [1.807, 2.05) is 36.4 Å². The van der Waals surface area contributed by atoms with Crippen LogP contribution in [0.3, 0.4) is 0 Å². The van der Waals surface area contributed by atoms with E-state index in [0.29, 0.717) is 11.0 Å². The molecular weight excluding hydrogens is 332 g/mol. The molecule has 3 rings (SSSR count). The lowest BCUT2D eigenvalue weighted by molar-refractivity contribution is -0.143. The van der Waals surface area contributed by atoms with Crippen molar-refractivity contribution in [2.45, 2.75) is 13.5 Å². The molecule has 0 saturated heterocycles. The van der Waals surface area contributed by atoms with E-state index in [4.69, 9.17) is 4.74 Å². The van der Waals surface area contributed by atoms with Crippen molar-refractivity contribution in [3.8, 4) is 0 Å². The number of hydrazone groups is 1. The number of fused-ring (bicyclic) bond motifs is 1. The van der Waals surface area contributed by atoms with Crippen LogP contribution in [0.1, 0.15) is 12.5 Å². The minimum atomic E-state index is -0.482. The highest BCUT2D eigenvalue weighted by molar-refractivity contribution is 5.81. The van der Waals surface area contributed by atoms with E-state index in [9.17, 15) is 9.59 Å². The fourth-order valence-electron chi connectivity index (χ4n) is 2.47. The number of rotatable bonds is 6. The summed E-state index contributed by atoms with van der Waals surface area (Å²) in [4.78, 5) is 28.9. The number of nitrogens with one attached hydrogen (secondary N) is 1. The summed E-state index contributed by atoms with van der Waals surface area (Å²) < 4.78 is 6.29. The van der Waals surface area contributed by atoms with Gasteiger partial charge in [-0.2, -0.15) is 5.10 Å². The second-order valence-electron chi connectivity index (χ2n) is 5.43. The maximum absolute atomic E-state index is 12.7. The molecule has 0 atom stereocenters. The normalized spacial score (nSPS) is 11.0. The van der Waals surface area contributed by atoms with Gasteiger partial charge in [0.15, 0.2) is 0 Å². The van der Waals surface area contributed by atoms with Crippen molar-refractivity contribution in [1.82, 2.24) is 9.55 Å². The lowest BCUT2D eigenvalue weighted by Crippen LogP contribution is -2.28. The number of carbonyl (C=O) groups is 1. The molecule has 0 aliphatic rings. The topological polar surface area (TPSA) is 85.6 Å². The van der Waals surface area contributed by atoms with E-state index in [2.05, 4.69) is 15.5 Å². The van der Waals surface area contributed by atoms with Crippen LogP contribution in [0.5, 0.6) is 0 Å². The fraction of sp³-hybridized carbons (Fsp3) is 0.158. The van der Waals surface area contributed by atoms with Crippen LogP contribution < -0.4 is 11.0 Å². The Morgan fingerprint density at radius 3 is 2.69 bits per heavy atom. The maximum Gasteiger partial charge on any atom is 0.326 e. The number of para-hydroxylation sites is 2. The molecule has 0 spiro atoms. The third kappa shape index (κ3) is 3.94. The summed E-state index contributed by atoms with van der Waals surface area (Å²) in [5.41, 5.74) is 4.25. The zero-order valence-corrected chi connectivity index (χ0v) is 14.3. The van der Waals surface area contributed by atoms with Gasteiger partial charge in [-0.15, -0.1) is 0 Å². The third-order valence-corrected chi connectivity index (χ3v) is 3.63. The Bertz CT molecular complexity index is 997. The number of esters is 1. The third-order valence-electron chi connectivity index (χ3n) is 3.63. The molecule has 0 amide bonds. The smallest absolute Gasteiger partial charge is 0.326 e. The molecule has 0 aliphatic heterocycles. The number of carbonyl (C=O) groups excluding carboxylic acids is 1.